The lowest BCUT2D eigenvalue weighted by Crippen LogP contribution is -2.40. The maximum absolute atomic E-state index is 12.2. The number of nitrogens with one attached hydrogen (secondary N) is 4. The van der Waals surface area contributed by atoms with E-state index in [-0.39, 0.29) is 23.8 Å². The van der Waals surface area contributed by atoms with Crippen LogP contribution in [0, 0.1) is 5.92 Å². The van der Waals surface area contributed by atoms with Crippen molar-refractivity contribution in [2.24, 2.45) is 5.92 Å². The third-order valence-corrected chi connectivity index (χ3v) is 4.67. The van der Waals surface area contributed by atoms with Gasteiger partial charge in [-0.05, 0) is 54.8 Å². The van der Waals surface area contributed by atoms with Crippen molar-refractivity contribution in [2.75, 3.05) is 25.5 Å². The highest BCUT2D eigenvalue weighted by Gasteiger charge is 2.29. The van der Waals surface area contributed by atoms with Crippen molar-refractivity contribution in [3.8, 4) is 5.75 Å². The molecule has 0 radical (unpaired) electrons. The van der Waals surface area contributed by atoms with E-state index in [4.69, 9.17) is 4.74 Å². The van der Waals surface area contributed by atoms with E-state index in [9.17, 15) is 14.4 Å². The molecule has 2 aromatic rings. The van der Waals surface area contributed by atoms with Gasteiger partial charge in [0.2, 0.25) is 5.91 Å². The summed E-state index contributed by atoms with van der Waals surface area (Å²) in [4.78, 5) is 35.7. The third kappa shape index (κ3) is 6.51. The fourth-order valence-corrected chi connectivity index (χ4v) is 2.74. The van der Waals surface area contributed by atoms with Gasteiger partial charge in [0.05, 0.1) is 7.11 Å². The van der Waals surface area contributed by atoms with E-state index in [1.165, 1.54) is 0 Å². The minimum absolute atomic E-state index is 0.0311. The molecule has 1 saturated carbocycles. The Hall–Kier alpha value is -3.55. The number of hydrogen-bond acceptors (Lipinski definition) is 4. The second-order valence-electron chi connectivity index (χ2n) is 7.05. The van der Waals surface area contributed by atoms with Crippen LogP contribution in [0.5, 0.6) is 5.75 Å². The number of anilines is 1. The van der Waals surface area contributed by atoms with Crippen LogP contribution in [0.4, 0.5) is 10.5 Å². The standard InChI is InChI=1S/C22H26N4O4/c1-30-19-10-2-15(3-11-19)14-25-22(29)24-13-12-23-20(27)16-6-8-18(9-7-16)26-21(28)17-4-5-17/h2-3,6-11,17H,4-5,12-14H2,1H3,(H,23,27)(H,26,28)(H2,24,25,29). The van der Waals surface area contributed by atoms with Gasteiger partial charge in [0.15, 0.2) is 0 Å². The predicted octanol–water partition coefficient (Wildman–Crippen LogP) is 2.27. The molecule has 8 nitrogen and oxygen atoms in total. The lowest BCUT2D eigenvalue weighted by molar-refractivity contribution is -0.117. The van der Waals surface area contributed by atoms with Crippen molar-refractivity contribution in [3.05, 3.63) is 59.7 Å². The zero-order valence-electron chi connectivity index (χ0n) is 16.9. The molecule has 1 fully saturated rings. The summed E-state index contributed by atoms with van der Waals surface area (Å²) in [5.74, 6) is 0.685. The van der Waals surface area contributed by atoms with Crippen LogP contribution >= 0.6 is 0 Å². The first-order chi connectivity index (χ1) is 14.5. The van der Waals surface area contributed by atoms with Crippen LogP contribution < -0.4 is 26.0 Å². The maximum Gasteiger partial charge on any atom is 0.315 e. The Morgan fingerprint density at radius 3 is 2.20 bits per heavy atom. The van der Waals surface area contributed by atoms with E-state index in [2.05, 4.69) is 21.3 Å². The normalized spacial score (nSPS) is 12.6. The van der Waals surface area contributed by atoms with Gasteiger partial charge in [0.1, 0.15) is 5.75 Å². The minimum Gasteiger partial charge on any atom is -0.497 e. The Balaban J connectivity index is 1.31. The summed E-state index contributed by atoms with van der Waals surface area (Å²) in [7, 11) is 1.60. The van der Waals surface area contributed by atoms with Crippen molar-refractivity contribution in [2.45, 2.75) is 19.4 Å². The fraction of sp³-hybridized carbons (Fsp3) is 0.318. The molecule has 1 aliphatic carbocycles. The van der Waals surface area contributed by atoms with Gasteiger partial charge in [-0.1, -0.05) is 12.1 Å². The van der Waals surface area contributed by atoms with Crippen LogP contribution in [0.15, 0.2) is 48.5 Å². The number of benzene rings is 2. The molecule has 0 atom stereocenters. The SMILES string of the molecule is COc1ccc(CNC(=O)NCCNC(=O)c2ccc(NC(=O)C3CC3)cc2)cc1. The van der Waals surface area contributed by atoms with Gasteiger partial charge >= 0.3 is 6.03 Å². The predicted molar refractivity (Wildman–Crippen MR) is 113 cm³/mol. The molecule has 4 amide bonds. The molecule has 158 valence electrons. The molecular weight excluding hydrogens is 384 g/mol. The quantitative estimate of drug-likeness (QED) is 0.476. The van der Waals surface area contributed by atoms with Crippen molar-refractivity contribution in [1.82, 2.24) is 16.0 Å². The summed E-state index contributed by atoms with van der Waals surface area (Å²) < 4.78 is 5.09. The molecule has 0 heterocycles. The molecule has 0 unspecified atom stereocenters. The Morgan fingerprint density at radius 2 is 1.57 bits per heavy atom. The van der Waals surface area contributed by atoms with Gasteiger partial charge < -0.3 is 26.0 Å². The van der Waals surface area contributed by atoms with Crippen molar-refractivity contribution < 1.29 is 19.1 Å². The number of carbonyl (C=O) groups is 3. The Labute approximate surface area is 175 Å². The number of urea groups is 1. The molecule has 8 heteroatoms. The summed E-state index contributed by atoms with van der Waals surface area (Å²) in [5, 5.41) is 11.0. The summed E-state index contributed by atoms with van der Waals surface area (Å²) in [6.45, 7) is 0.997. The molecule has 0 bridgehead atoms. The molecule has 0 saturated heterocycles. The van der Waals surface area contributed by atoms with E-state index in [1.807, 2.05) is 24.3 Å². The molecule has 0 spiro atoms. The van der Waals surface area contributed by atoms with E-state index in [1.54, 1.807) is 31.4 Å². The number of carbonyl (C=O) groups excluding carboxylic acids is 3. The van der Waals surface area contributed by atoms with Gasteiger partial charge in [-0.2, -0.15) is 0 Å². The highest BCUT2D eigenvalue weighted by molar-refractivity contribution is 5.96. The van der Waals surface area contributed by atoms with Crippen LogP contribution in [-0.4, -0.2) is 38.0 Å². The van der Waals surface area contributed by atoms with E-state index < -0.39 is 0 Å². The zero-order chi connectivity index (χ0) is 21.3. The highest BCUT2D eigenvalue weighted by Crippen LogP contribution is 2.30. The molecule has 3 rings (SSSR count). The second kappa shape index (κ2) is 10.3. The number of hydrogen-bond donors (Lipinski definition) is 4. The average Bonchev–Trinajstić information content (AvgIpc) is 3.61. The largest absolute Gasteiger partial charge is 0.497 e. The van der Waals surface area contributed by atoms with Crippen LogP contribution in [0.3, 0.4) is 0 Å². The topological polar surface area (TPSA) is 109 Å². The number of ether oxygens (including phenoxy) is 1. The summed E-state index contributed by atoms with van der Waals surface area (Å²) in [6, 6.07) is 13.8. The molecule has 1 aliphatic rings. The Morgan fingerprint density at radius 1 is 0.900 bits per heavy atom. The van der Waals surface area contributed by atoms with Crippen LogP contribution in [0.2, 0.25) is 0 Å². The van der Waals surface area contributed by atoms with Crippen molar-refractivity contribution in [3.63, 3.8) is 0 Å². The summed E-state index contributed by atoms with van der Waals surface area (Å²) in [5.41, 5.74) is 2.12. The number of methoxy groups -OCH3 is 1. The average molecular weight is 410 g/mol. The second-order valence-corrected chi connectivity index (χ2v) is 7.05. The molecule has 0 aliphatic heterocycles. The van der Waals surface area contributed by atoms with Crippen LogP contribution in [0.1, 0.15) is 28.8 Å². The first-order valence-corrected chi connectivity index (χ1v) is 9.89. The Bertz CT molecular complexity index is 877. The van der Waals surface area contributed by atoms with Gasteiger partial charge in [0, 0.05) is 36.8 Å². The molecule has 2 aromatic carbocycles. The van der Waals surface area contributed by atoms with E-state index in [0.717, 1.165) is 24.2 Å². The van der Waals surface area contributed by atoms with Gasteiger partial charge in [-0.25, -0.2) is 4.79 Å². The monoisotopic (exact) mass is 410 g/mol. The molecule has 0 aromatic heterocycles. The van der Waals surface area contributed by atoms with Gasteiger partial charge in [-0.15, -0.1) is 0 Å². The zero-order valence-corrected chi connectivity index (χ0v) is 16.9. The third-order valence-electron chi connectivity index (χ3n) is 4.67. The van der Waals surface area contributed by atoms with E-state index >= 15 is 0 Å². The number of rotatable bonds is 9. The first-order valence-electron chi connectivity index (χ1n) is 9.89. The molecule has 30 heavy (non-hydrogen) atoms. The van der Waals surface area contributed by atoms with Crippen molar-refractivity contribution in [1.29, 1.82) is 0 Å². The maximum atomic E-state index is 12.2. The highest BCUT2D eigenvalue weighted by atomic mass is 16.5. The smallest absolute Gasteiger partial charge is 0.315 e. The van der Waals surface area contributed by atoms with Crippen molar-refractivity contribution >= 4 is 23.5 Å². The minimum atomic E-state index is -0.309. The van der Waals surface area contributed by atoms with Gasteiger partial charge in [0.25, 0.3) is 5.91 Å². The van der Waals surface area contributed by atoms with Crippen LogP contribution in [0.25, 0.3) is 0 Å². The van der Waals surface area contributed by atoms with Gasteiger partial charge in [-0.3, -0.25) is 9.59 Å². The van der Waals surface area contributed by atoms with E-state index in [0.29, 0.717) is 30.9 Å². The summed E-state index contributed by atoms with van der Waals surface area (Å²) >= 11 is 0. The van der Waals surface area contributed by atoms with Crippen LogP contribution in [-0.2, 0) is 11.3 Å². The number of amides is 4. The lowest BCUT2D eigenvalue weighted by atomic mass is 10.2. The molecular formula is C22H26N4O4. The first kappa shape index (κ1) is 21.2. The Kier molecular flexibility index (Phi) is 7.26. The molecule has 4 N–H and O–H groups in total. The lowest BCUT2D eigenvalue weighted by Gasteiger charge is -2.10. The fourth-order valence-electron chi connectivity index (χ4n) is 2.74. The summed E-state index contributed by atoms with van der Waals surface area (Å²) in [6.07, 6.45) is 1.89.